The number of likely N-dealkylation sites (tertiary alicyclic amines) is 1. The highest BCUT2D eigenvalue weighted by molar-refractivity contribution is 5.77. The van der Waals surface area contributed by atoms with Crippen molar-refractivity contribution in [3.8, 4) is 0 Å². The largest absolute Gasteiger partial charge is 0.375 e. The minimum atomic E-state index is 0.125. The number of piperidine rings is 1. The topological polar surface area (TPSA) is 41.6 Å². The number of hydrogen-bond acceptors (Lipinski definition) is 3. The zero-order valence-corrected chi connectivity index (χ0v) is 12.8. The van der Waals surface area contributed by atoms with Crippen LogP contribution in [0.15, 0.2) is 0 Å². The monoisotopic (exact) mass is 270 g/mol. The lowest BCUT2D eigenvalue weighted by Gasteiger charge is -2.34. The van der Waals surface area contributed by atoms with Crippen LogP contribution in [0.5, 0.6) is 0 Å². The SMILES string of the molecule is CCCC(CCC)NC1CCN(C(=O)COC)CC1. The molecule has 0 bridgehead atoms. The van der Waals surface area contributed by atoms with E-state index in [1.54, 1.807) is 7.11 Å². The Morgan fingerprint density at radius 3 is 2.32 bits per heavy atom. The van der Waals surface area contributed by atoms with Crippen LogP contribution in [0.3, 0.4) is 0 Å². The number of carbonyl (C=O) groups excluding carboxylic acids is 1. The van der Waals surface area contributed by atoms with Crippen molar-refractivity contribution in [1.82, 2.24) is 10.2 Å². The van der Waals surface area contributed by atoms with E-state index in [4.69, 9.17) is 4.74 Å². The fourth-order valence-electron chi connectivity index (χ4n) is 2.85. The van der Waals surface area contributed by atoms with Gasteiger partial charge in [0.2, 0.25) is 5.91 Å². The molecule has 0 unspecified atom stereocenters. The van der Waals surface area contributed by atoms with E-state index in [0.29, 0.717) is 12.1 Å². The van der Waals surface area contributed by atoms with Crippen molar-refractivity contribution in [3.63, 3.8) is 0 Å². The minimum Gasteiger partial charge on any atom is -0.375 e. The Labute approximate surface area is 117 Å². The summed E-state index contributed by atoms with van der Waals surface area (Å²) in [6.07, 6.45) is 7.14. The van der Waals surface area contributed by atoms with Gasteiger partial charge in [0, 0.05) is 32.3 Å². The number of carbonyl (C=O) groups is 1. The van der Waals surface area contributed by atoms with Crippen molar-refractivity contribution in [2.24, 2.45) is 0 Å². The molecule has 1 amide bonds. The molecule has 0 saturated carbocycles. The van der Waals surface area contributed by atoms with Crippen molar-refractivity contribution in [2.75, 3.05) is 26.8 Å². The van der Waals surface area contributed by atoms with E-state index in [9.17, 15) is 4.79 Å². The van der Waals surface area contributed by atoms with Gasteiger partial charge in [-0.3, -0.25) is 4.79 Å². The number of nitrogens with one attached hydrogen (secondary N) is 1. The van der Waals surface area contributed by atoms with Crippen LogP contribution in [0.2, 0.25) is 0 Å². The number of amides is 1. The molecular formula is C15H30N2O2. The van der Waals surface area contributed by atoms with Crippen molar-refractivity contribution >= 4 is 5.91 Å². The number of methoxy groups -OCH3 is 1. The molecule has 1 rings (SSSR count). The summed E-state index contributed by atoms with van der Waals surface area (Å²) in [4.78, 5) is 13.6. The predicted molar refractivity (Wildman–Crippen MR) is 78.2 cm³/mol. The lowest BCUT2D eigenvalue weighted by atomic mass is 10.0. The summed E-state index contributed by atoms with van der Waals surface area (Å²) in [5.41, 5.74) is 0. The Morgan fingerprint density at radius 2 is 1.84 bits per heavy atom. The molecule has 1 aliphatic rings. The van der Waals surface area contributed by atoms with Crippen LogP contribution in [0, 0.1) is 0 Å². The molecule has 1 aliphatic heterocycles. The Bertz CT molecular complexity index is 245. The summed E-state index contributed by atoms with van der Waals surface area (Å²) in [5.74, 6) is 0.125. The molecule has 0 spiro atoms. The van der Waals surface area contributed by atoms with Gasteiger partial charge >= 0.3 is 0 Å². The average Bonchev–Trinajstić information content (AvgIpc) is 2.40. The van der Waals surface area contributed by atoms with Crippen LogP contribution in [-0.2, 0) is 9.53 Å². The first kappa shape index (κ1) is 16.4. The van der Waals surface area contributed by atoms with Gasteiger partial charge in [-0.15, -0.1) is 0 Å². The van der Waals surface area contributed by atoms with Gasteiger partial charge in [0.15, 0.2) is 0 Å². The molecular weight excluding hydrogens is 240 g/mol. The molecule has 0 radical (unpaired) electrons. The molecule has 1 fully saturated rings. The zero-order chi connectivity index (χ0) is 14.1. The van der Waals surface area contributed by atoms with Crippen LogP contribution >= 0.6 is 0 Å². The minimum absolute atomic E-state index is 0.125. The summed E-state index contributed by atoms with van der Waals surface area (Å²) in [6, 6.07) is 1.23. The van der Waals surface area contributed by atoms with Crippen LogP contribution in [0.25, 0.3) is 0 Å². The highest BCUT2D eigenvalue weighted by Crippen LogP contribution is 2.14. The molecule has 1 saturated heterocycles. The Hall–Kier alpha value is -0.610. The highest BCUT2D eigenvalue weighted by atomic mass is 16.5. The molecule has 0 aromatic rings. The Morgan fingerprint density at radius 1 is 1.26 bits per heavy atom. The molecule has 19 heavy (non-hydrogen) atoms. The van der Waals surface area contributed by atoms with Crippen molar-refractivity contribution in [1.29, 1.82) is 0 Å². The fourth-order valence-corrected chi connectivity index (χ4v) is 2.85. The van der Waals surface area contributed by atoms with Gasteiger partial charge < -0.3 is 15.0 Å². The van der Waals surface area contributed by atoms with Crippen LogP contribution < -0.4 is 5.32 Å². The maximum Gasteiger partial charge on any atom is 0.248 e. The van der Waals surface area contributed by atoms with Crippen LogP contribution in [0.4, 0.5) is 0 Å². The maximum absolute atomic E-state index is 11.7. The van der Waals surface area contributed by atoms with E-state index in [1.807, 2.05) is 4.90 Å². The number of ether oxygens (including phenoxy) is 1. The molecule has 4 nitrogen and oxygen atoms in total. The summed E-state index contributed by atoms with van der Waals surface area (Å²) < 4.78 is 4.91. The second-order valence-corrected chi connectivity index (χ2v) is 5.53. The van der Waals surface area contributed by atoms with Crippen molar-refractivity contribution in [2.45, 2.75) is 64.5 Å². The molecule has 0 aromatic carbocycles. The smallest absolute Gasteiger partial charge is 0.248 e. The number of hydrogen-bond donors (Lipinski definition) is 1. The quantitative estimate of drug-likeness (QED) is 0.735. The van der Waals surface area contributed by atoms with Gasteiger partial charge in [-0.2, -0.15) is 0 Å². The van der Waals surface area contributed by atoms with E-state index >= 15 is 0 Å². The van der Waals surface area contributed by atoms with E-state index in [-0.39, 0.29) is 12.5 Å². The predicted octanol–water partition coefficient (Wildman–Crippen LogP) is 2.18. The molecule has 0 aromatic heterocycles. The molecule has 112 valence electrons. The molecule has 4 heteroatoms. The van der Waals surface area contributed by atoms with Gasteiger partial charge in [-0.25, -0.2) is 0 Å². The van der Waals surface area contributed by atoms with Crippen LogP contribution in [0.1, 0.15) is 52.4 Å². The van der Waals surface area contributed by atoms with E-state index in [2.05, 4.69) is 19.2 Å². The van der Waals surface area contributed by atoms with E-state index < -0.39 is 0 Å². The third-order valence-electron chi connectivity index (χ3n) is 3.86. The van der Waals surface area contributed by atoms with Crippen LogP contribution in [-0.4, -0.2) is 49.7 Å². The highest BCUT2D eigenvalue weighted by Gasteiger charge is 2.23. The summed E-state index contributed by atoms with van der Waals surface area (Å²) in [7, 11) is 1.58. The zero-order valence-electron chi connectivity index (χ0n) is 12.8. The van der Waals surface area contributed by atoms with E-state index in [0.717, 1.165) is 25.9 Å². The fraction of sp³-hybridized carbons (Fsp3) is 0.933. The molecule has 1 N–H and O–H groups in total. The standard InChI is InChI=1S/C15H30N2O2/c1-4-6-13(7-5-2)16-14-8-10-17(11-9-14)15(18)12-19-3/h13-14,16H,4-12H2,1-3H3. The summed E-state index contributed by atoms with van der Waals surface area (Å²) in [5, 5.41) is 3.78. The van der Waals surface area contributed by atoms with Gasteiger partial charge in [-0.05, 0) is 25.7 Å². The first-order chi connectivity index (χ1) is 9.21. The molecule has 1 heterocycles. The van der Waals surface area contributed by atoms with Gasteiger partial charge in [0.1, 0.15) is 6.61 Å². The number of nitrogens with zero attached hydrogens (tertiary/aromatic N) is 1. The molecule has 0 aliphatic carbocycles. The second-order valence-electron chi connectivity index (χ2n) is 5.53. The van der Waals surface area contributed by atoms with Crippen molar-refractivity contribution < 1.29 is 9.53 Å². The normalized spacial score (nSPS) is 17.2. The third-order valence-corrected chi connectivity index (χ3v) is 3.86. The second kappa shape index (κ2) is 9.32. The summed E-state index contributed by atoms with van der Waals surface area (Å²) in [6.45, 7) is 6.44. The third kappa shape index (κ3) is 5.91. The first-order valence-electron chi connectivity index (χ1n) is 7.74. The number of rotatable bonds is 8. The van der Waals surface area contributed by atoms with Gasteiger partial charge in [0.25, 0.3) is 0 Å². The summed E-state index contributed by atoms with van der Waals surface area (Å²) >= 11 is 0. The lowest BCUT2D eigenvalue weighted by molar-refractivity contribution is -0.136. The average molecular weight is 270 g/mol. The lowest BCUT2D eigenvalue weighted by Crippen LogP contribution is -2.48. The first-order valence-corrected chi connectivity index (χ1v) is 7.74. The molecule has 0 atom stereocenters. The maximum atomic E-state index is 11.7. The van der Waals surface area contributed by atoms with Gasteiger partial charge in [0.05, 0.1) is 0 Å². The van der Waals surface area contributed by atoms with Gasteiger partial charge in [-0.1, -0.05) is 26.7 Å². The Kier molecular flexibility index (Phi) is 8.07. The van der Waals surface area contributed by atoms with Crippen molar-refractivity contribution in [3.05, 3.63) is 0 Å². The van der Waals surface area contributed by atoms with E-state index in [1.165, 1.54) is 25.7 Å². The Balaban J connectivity index is 2.30.